The van der Waals surface area contributed by atoms with E-state index in [2.05, 4.69) is 4.90 Å². The van der Waals surface area contributed by atoms with Gasteiger partial charge in [0.15, 0.2) is 0 Å². The van der Waals surface area contributed by atoms with E-state index in [1.807, 2.05) is 27.8 Å². The summed E-state index contributed by atoms with van der Waals surface area (Å²) in [5.41, 5.74) is -0.467. The predicted molar refractivity (Wildman–Crippen MR) is 112 cm³/mol. The summed E-state index contributed by atoms with van der Waals surface area (Å²) in [5, 5.41) is 0. The Labute approximate surface area is 182 Å². The molecule has 3 rings (SSSR count). The maximum Gasteiger partial charge on any atom is 0.416 e. The van der Waals surface area contributed by atoms with Crippen molar-refractivity contribution in [3.05, 3.63) is 35.4 Å². The molecule has 0 N–H and O–H groups in total. The van der Waals surface area contributed by atoms with Crippen LogP contribution in [0.15, 0.2) is 24.3 Å². The first kappa shape index (κ1) is 23.6. The number of carbonyl (C=O) groups is 2. The first-order valence-corrected chi connectivity index (χ1v) is 10.8. The number of carbonyl (C=O) groups excluding carboxylic acids is 2. The molecule has 0 saturated carbocycles. The zero-order valence-corrected chi connectivity index (χ0v) is 18.7. The lowest BCUT2D eigenvalue weighted by Gasteiger charge is -2.35. The van der Waals surface area contributed by atoms with E-state index in [0.717, 1.165) is 25.2 Å². The van der Waals surface area contributed by atoms with Crippen LogP contribution in [0.3, 0.4) is 0 Å². The third-order valence-corrected chi connectivity index (χ3v) is 6.13. The first-order chi connectivity index (χ1) is 14.3. The molecule has 2 amide bonds. The number of likely N-dealkylation sites (N-methyl/N-ethyl adjacent to an activating group) is 1. The SMILES string of the molecule is CN1CCN(C(=O)[C@H]2CN(C(=O)CC(C)(C)C)C[C@@H]2c2cccc(C(F)(F)F)c2)CC1. The summed E-state index contributed by atoms with van der Waals surface area (Å²) in [7, 11) is 2.00. The molecule has 2 fully saturated rings. The van der Waals surface area contributed by atoms with Gasteiger partial charge in [0.05, 0.1) is 11.5 Å². The highest BCUT2D eigenvalue weighted by molar-refractivity contribution is 5.83. The molecule has 2 atom stereocenters. The minimum Gasteiger partial charge on any atom is -0.341 e. The van der Waals surface area contributed by atoms with E-state index in [-0.39, 0.29) is 30.3 Å². The Morgan fingerprint density at radius 2 is 1.65 bits per heavy atom. The summed E-state index contributed by atoms with van der Waals surface area (Å²) < 4.78 is 39.9. The van der Waals surface area contributed by atoms with Gasteiger partial charge in [-0.25, -0.2) is 0 Å². The number of hydrogen-bond donors (Lipinski definition) is 0. The number of amides is 2. The quantitative estimate of drug-likeness (QED) is 0.725. The molecule has 0 spiro atoms. The Morgan fingerprint density at radius 3 is 2.23 bits per heavy atom. The lowest BCUT2D eigenvalue weighted by molar-refractivity contribution is -0.138. The Morgan fingerprint density at radius 1 is 1.00 bits per heavy atom. The molecule has 0 aliphatic carbocycles. The zero-order valence-electron chi connectivity index (χ0n) is 18.7. The van der Waals surface area contributed by atoms with Crippen molar-refractivity contribution in [3.8, 4) is 0 Å². The number of rotatable bonds is 3. The maximum atomic E-state index is 13.4. The van der Waals surface area contributed by atoms with Crippen molar-refractivity contribution in [3.63, 3.8) is 0 Å². The monoisotopic (exact) mass is 439 g/mol. The Balaban J connectivity index is 1.88. The summed E-state index contributed by atoms with van der Waals surface area (Å²) in [5.74, 6) is -1.10. The van der Waals surface area contributed by atoms with Crippen LogP contribution in [-0.2, 0) is 15.8 Å². The number of likely N-dealkylation sites (tertiary alicyclic amines) is 1. The standard InChI is InChI=1S/C23H32F3N3O2/c1-22(2,3)13-20(30)29-14-18(16-6-5-7-17(12-16)23(24,25)26)19(15-29)21(31)28-10-8-27(4)9-11-28/h5-7,12,18-19H,8-11,13-15H2,1-4H3/t18-,19+/m1/s1. The van der Waals surface area contributed by atoms with Gasteiger partial charge in [0, 0.05) is 51.6 Å². The van der Waals surface area contributed by atoms with E-state index in [9.17, 15) is 22.8 Å². The fraction of sp³-hybridized carbons (Fsp3) is 0.652. The minimum absolute atomic E-state index is 0.0573. The smallest absolute Gasteiger partial charge is 0.341 e. The number of hydrogen-bond acceptors (Lipinski definition) is 3. The fourth-order valence-corrected chi connectivity index (χ4v) is 4.37. The molecule has 31 heavy (non-hydrogen) atoms. The van der Waals surface area contributed by atoms with Gasteiger partial charge in [-0.15, -0.1) is 0 Å². The second kappa shape index (κ2) is 8.81. The second-order valence-electron chi connectivity index (χ2n) is 10.0. The van der Waals surface area contributed by atoms with Gasteiger partial charge in [0.2, 0.25) is 11.8 Å². The molecule has 172 valence electrons. The number of benzene rings is 1. The molecule has 0 radical (unpaired) electrons. The third kappa shape index (κ3) is 5.79. The summed E-state index contributed by atoms with van der Waals surface area (Å²) in [6.07, 6.45) is -4.12. The van der Waals surface area contributed by atoms with Crippen molar-refractivity contribution >= 4 is 11.8 Å². The second-order valence-corrected chi connectivity index (χ2v) is 10.0. The van der Waals surface area contributed by atoms with E-state index in [1.54, 1.807) is 15.9 Å². The Bertz CT molecular complexity index is 811. The van der Waals surface area contributed by atoms with E-state index in [1.165, 1.54) is 6.07 Å². The first-order valence-electron chi connectivity index (χ1n) is 10.8. The lowest BCUT2D eigenvalue weighted by atomic mass is 9.87. The number of piperazine rings is 1. The van der Waals surface area contributed by atoms with Gasteiger partial charge >= 0.3 is 6.18 Å². The Hall–Kier alpha value is -2.09. The van der Waals surface area contributed by atoms with Crippen LogP contribution >= 0.6 is 0 Å². The average molecular weight is 440 g/mol. The highest BCUT2D eigenvalue weighted by Gasteiger charge is 2.43. The Kier molecular flexibility index (Phi) is 6.69. The molecule has 2 heterocycles. The van der Waals surface area contributed by atoms with Gasteiger partial charge in [0.25, 0.3) is 0 Å². The van der Waals surface area contributed by atoms with Crippen molar-refractivity contribution in [2.24, 2.45) is 11.3 Å². The van der Waals surface area contributed by atoms with Crippen LogP contribution in [0.1, 0.15) is 44.2 Å². The normalized spacial score (nSPS) is 23.3. The molecule has 1 aromatic carbocycles. The van der Waals surface area contributed by atoms with Crippen LogP contribution in [-0.4, -0.2) is 72.8 Å². The van der Waals surface area contributed by atoms with Crippen LogP contribution in [0.2, 0.25) is 0 Å². The van der Waals surface area contributed by atoms with Gasteiger partial charge in [-0.3, -0.25) is 9.59 Å². The zero-order chi connectivity index (χ0) is 23.0. The van der Waals surface area contributed by atoms with E-state index >= 15 is 0 Å². The molecule has 0 aromatic heterocycles. The molecular formula is C23H32F3N3O2. The molecule has 8 heteroatoms. The molecule has 5 nitrogen and oxygen atoms in total. The summed E-state index contributed by atoms with van der Waals surface area (Å²) in [6, 6.07) is 5.20. The van der Waals surface area contributed by atoms with Gasteiger partial charge in [0.1, 0.15) is 0 Å². The van der Waals surface area contributed by atoms with E-state index in [4.69, 9.17) is 0 Å². The predicted octanol–water partition coefficient (Wildman–Crippen LogP) is 3.46. The highest BCUT2D eigenvalue weighted by Crippen LogP contribution is 2.38. The summed E-state index contributed by atoms with van der Waals surface area (Å²) >= 11 is 0. The van der Waals surface area contributed by atoms with E-state index in [0.29, 0.717) is 25.1 Å². The van der Waals surface area contributed by atoms with Crippen molar-refractivity contribution in [2.45, 2.75) is 39.3 Å². The van der Waals surface area contributed by atoms with Crippen LogP contribution in [0.25, 0.3) is 0 Å². The van der Waals surface area contributed by atoms with Crippen molar-refractivity contribution in [1.29, 1.82) is 0 Å². The average Bonchev–Trinajstić information content (AvgIpc) is 3.12. The molecular weight excluding hydrogens is 407 g/mol. The van der Waals surface area contributed by atoms with Gasteiger partial charge in [-0.1, -0.05) is 39.0 Å². The maximum absolute atomic E-state index is 13.4. The van der Waals surface area contributed by atoms with Gasteiger partial charge < -0.3 is 14.7 Å². The van der Waals surface area contributed by atoms with Crippen molar-refractivity contribution < 1.29 is 22.8 Å². The number of nitrogens with zero attached hydrogens (tertiary/aromatic N) is 3. The fourth-order valence-electron chi connectivity index (χ4n) is 4.37. The molecule has 2 aliphatic rings. The van der Waals surface area contributed by atoms with Crippen LogP contribution < -0.4 is 0 Å². The topological polar surface area (TPSA) is 43.9 Å². The number of alkyl halides is 3. The molecule has 0 bridgehead atoms. The number of halogens is 3. The van der Waals surface area contributed by atoms with E-state index < -0.39 is 23.6 Å². The minimum atomic E-state index is -4.45. The van der Waals surface area contributed by atoms with Crippen LogP contribution in [0.4, 0.5) is 13.2 Å². The van der Waals surface area contributed by atoms with Crippen LogP contribution in [0, 0.1) is 11.3 Å². The van der Waals surface area contributed by atoms with Gasteiger partial charge in [-0.05, 0) is 24.1 Å². The largest absolute Gasteiger partial charge is 0.416 e. The molecule has 0 unspecified atom stereocenters. The van der Waals surface area contributed by atoms with Gasteiger partial charge in [-0.2, -0.15) is 13.2 Å². The third-order valence-electron chi connectivity index (χ3n) is 6.13. The van der Waals surface area contributed by atoms with Crippen molar-refractivity contribution in [1.82, 2.24) is 14.7 Å². The summed E-state index contributed by atoms with van der Waals surface area (Å²) in [6.45, 7) is 9.14. The highest BCUT2D eigenvalue weighted by atomic mass is 19.4. The summed E-state index contributed by atoms with van der Waals surface area (Å²) in [4.78, 5) is 31.8. The molecule has 2 saturated heterocycles. The molecule has 1 aromatic rings. The van der Waals surface area contributed by atoms with Crippen LogP contribution in [0.5, 0.6) is 0 Å². The molecule has 2 aliphatic heterocycles. The van der Waals surface area contributed by atoms with Crippen molar-refractivity contribution in [2.75, 3.05) is 46.3 Å². The lowest BCUT2D eigenvalue weighted by Crippen LogP contribution is -2.50.